The third-order valence-electron chi connectivity index (χ3n) is 7.45. The number of unbranched alkanes of at least 4 members (excludes halogenated alkanes) is 7. The van der Waals surface area contributed by atoms with Gasteiger partial charge < -0.3 is 0 Å². The van der Waals surface area contributed by atoms with Crippen LogP contribution in [-0.4, -0.2) is 20.4 Å². The molecule has 0 saturated carbocycles. The van der Waals surface area contributed by atoms with Gasteiger partial charge in [-0.2, -0.15) is 0 Å². The molecule has 36 heavy (non-hydrogen) atoms. The molecule has 6 rings (SSSR count). The first-order valence-corrected chi connectivity index (χ1v) is 16.8. The van der Waals surface area contributed by atoms with E-state index in [1.807, 2.05) is 11.3 Å². The number of thiophene rings is 1. The summed E-state index contributed by atoms with van der Waals surface area (Å²) < 4.78 is 4.58. The van der Waals surface area contributed by atoms with Gasteiger partial charge in [-0.1, -0.05) is 45.4 Å². The van der Waals surface area contributed by atoms with Crippen LogP contribution in [0.4, 0.5) is 0 Å². The predicted molar refractivity (Wildman–Crippen MR) is 163 cm³/mol. The Morgan fingerprint density at radius 3 is 2.00 bits per heavy atom. The van der Waals surface area contributed by atoms with E-state index in [4.69, 9.17) is 0 Å². The number of aryl methyl sites for hydroxylation is 1. The summed E-state index contributed by atoms with van der Waals surface area (Å²) in [5.41, 5.74) is 1.40. The molecule has 2 heterocycles. The Labute approximate surface area is 228 Å². The van der Waals surface area contributed by atoms with Crippen molar-refractivity contribution in [2.24, 2.45) is 0 Å². The first-order chi connectivity index (χ1) is 17.8. The molecule has 2 heteroatoms. The van der Waals surface area contributed by atoms with E-state index in [-0.39, 0.29) is 20.4 Å². The zero-order valence-corrected chi connectivity index (χ0v) is 24.3. The Hall–Kier alpha value is -2.11. The van der Waals surface area contributed by atoms with E-state index >= 15 is 0 Å². The van der Waals surface area contributed by atoms with E-state index in [0.29, 0.717) is 0 Å². The molecule has 4 aromatic carbocycles. The maximum atomic E-state index is 2.48. The minimum atomic E-state index is -0.326. The molecule has 182 valence electrons. The van der Waals surface area contributed by atoms with E-state index in [0.717, 1.165) is 0 Å². The molecular formula is C34H34STe. The molecule has 0 aliphatic rings. The zero-order valence-electron chi connectivity index (χ0n) is 21.2. The Morgan fingerprint density at radius 2 is 1.22 bits per heavy atom. The van der Waals surface area contributed by atoms with Gasteiger partial charge in [0.1, 0.15) is 0 Å². The first-order valence-electron chi connectivity index (χ1n) is 13.7. The Kier molecular flexibility index (Phi) is 7.47. The third kappa shape index (κ3) is 5.28. The number of hydrogen-bond acceptors (Lipinski definition) is 1. The van der Waals surface area contributed by atoms with Crippen LogP contribution in [0.25, 0.3) is 49.6 Å². The van der Waals surface area contributed by atoms with Crippen LogP contribution in [-0.2, 0) is 6.42 Å². The quantitative estimate of drug-likeness (QED) is 0.0832. The molecule has 0 atom stereocenters. The zero-order chi connectivity index (χ0) is 24.3. The van der Waals surface area contributed by atoms with Gasteiger partial charge in [0, 0.05) is 0 Å². The molecule has 0 spiro atoms. The number of rotatable bonds is 10. The molecule has 0 aliphatic carbocycles. The van der Waals surface area contributed by atoms with Crippen molar-refractivity contribution in [1.29, 1.82) is 0 Å². The van der Waals surface area contributed by atoms with Crippen molar-refractivity contribution in [3.8, 4) is 9.14 Å². The second-order valence-corrected chi connectivity index (χ2v) is 14.5. The molecule has 0 unspecified atom stereocenters. The molecule has 0 nitrogen and oxygen atoms in total. The number of hydrogen-bond donors (Lipinski definition) is 0. The fraction of sp³-hybridized carbons (Fsp3) is 0.294. The summed E-state index contributed by atoms with van der Waals surface area (Å²) in [6.45, 7) is 2.29. The average Bonchev–Trinajstić information content (AvgIpc) is 3.49. The van der Waals surface area contributed by atoms with E-state index < -0.39 is 0 Å². The average molecular weight is 602 g/mol. The van der Waals surface area contributed by atoms with Gasteiger partial charge in [0.15, 0.2) is 0 Å². The first kappa shape index (κ1) is 24.2. The van der Waals surface area contributed by atoms with Crippen molar-refractivity contribution < 1.29 is 0 Å². The SMILES string of the molecule is CCCCCCCCCCc1cc2cc3cc4cc5[te]c(-c6ccccc6)cc5cc4cc3cc2s1. The Morgan fingerprint density at radius 1 is 0.583 bits per heavy atom. The van der Waals surface area contributed by atoms with E-state index in [1.165, 1.54) is 100 Å². The Balaban J connectivity index is 1.22. The summed E-state index contributed by atoms with van der Waals surface area (Å²) in [6, 6.07) is 30.4. The monoisotopic (exact) mass is 604 g/mol. The van der Waals surface area contributed by atoms with E-state index in [9.17, 15) is 0 Å². The fourth-order valence-electron chi connectivity index (χ4n) is 5.43. The second kappa shape index (κ2) is 11.1. The predicted octanol–water partition coefficient (Wildman–Crippen LogP) is 10.8. The molecule has 0 aliphatic heterocycles. The molecule has 0 fully saturated rings. The summed E-state index contributed by atoms with van der Waals surface area (Å²) in [6.07, 6.45) is 12.4. The van der Waals surface area contributed by atoms with Crippen LogP contribution in [0.3, 0.4) is 0 Å². The van der Waals surface area contributed by atoms with Crippen LogP contribution in [0.5, 0.6) is 0 Å². The maximum absolute atomic E-state index is 2.48. The van der Waals surface area contributed by atoms with Crippen LogP contribution >= 0.6 is 11.3 Å². The molecule has 0 amide bonds. The van der Waals surface area contributed by atoms with Gasteiger partial charge in [0.2, 0.25) is 0 Å². The van der Waals surface area contributed by atoms with Gasteiger partial charge in [-0.15, -0.1) is 0 Å². The van der Waals surface area contributed by atoms with Crippen molar-refractivity contribution in [3.63, 3.8) is 0 Å². The summed E-state index contributed by atoms with van der Waals surface area (Å²) in [4.78, 5) is 1.55. The van der Waals surface area contributed by atoms with Gasteiger partial charge in [-0.05, 0) is 0 Å². The normalized spacial score (nSPS) is 11.9. The summed E-state index contributed by atoms with van der Waals surface area (Å²) in [7, 11) is 0. The summed E-state index contributed by atoms with van der Waals surface area (Å²) >= 11 is 1.68. The molecule has 6 aromatic rings. The molecule has 2 aromatic heterocycles. The van der Waals surface area contributed by atoms with Crippen LogP contribution in [0, 0.1) is 0 Å². The van der Waals surface area contributed by atoms with Gasteiger partial charge >= 0.3 is 184 Å². The topological polar surface area (TPSA) is 0 Å². The van der Waals surface area contributed by atoms with E-state index in [1.54, 1.807) is 11.9 Å². The van der Waals surface area contributed by atoms with Gasteiger partial charge in [0.25, 0.3) is 0 Å². The van der Waals surface area contributed by atoms with Crippen LogP contribution in [0.1, 0.15) is 63.2 Å². The molecule has 0 saturated heterocycles. The van der Waals surface area contributed by atoms with Crippen molar-refractivity contribution in [1.82, 2.24) is 0 Å². The van der Waals surface area contributed by atoms with Crippen molar-refractivity contribution >= 4 is 72.2 Å². The fourth-order valence-corrected chi connectivity index (χ4v) is 9.70. The minimum absolute atomic E-state index is 0.326. The molecule has 0 N–H and O–H groups in total. The Bertz CT molecular complexity index is 1530. The van der Waals surface area contributed by atoms with Gasteiger partial charge in [-0.3, -0.25) is 0 Å². The second-order valence-electron chi connectivity index (χ2n) is 10.2. The van der Waals surface area contributed by atoms with Crippen LogP contribution < -0.4 is 0 Å². The van der Waals surface area contributed by atoms with Crippen molar-refractivity contribution in [2.45, 2.75) is 64.7 Å². The van der Waals surface area contributed by atoms with Gasteiger partial charge in [-0.25, -0.2) is 0 Å². The molecular weight excluding hydrogens is 568 g/mol. The van der Waals surface area contributed by atoms with Crippen molar-refractivity contribution in [2.75, 3.05) is 0 Å². The summed E-state index contributed by atoms with van der Waals surface area (Å²) in [5, 5.41) is 8.37. The number of fused-ring (bicyclic) bond motifs is 4. The van der Waals surface area contributed by atoms with E-state index in [2.05, 4.69) is 85.8 Å². The standard InChI is InChI=1S/C34H34STe/c1-2-3-4-5-6-7-8-12-15-31-20-29-18-25-17-28-22-34-30(19-26(28)16-27(25)21-32(29)35-31)23-33(36-34)24-13-10-9-11-14-24/h9-11,13-14,16-23H,2-8,12,15H2,1H3. The van der Waals surface area contributed by atoms with Crippen molar-refractivity contribution in [3.05, 3.63) is 83.7 Å². The van der Waals surface area contributed by atoms with Crippen LogP contribution in [0.15, 0.2) is 78.9 Å². The summed E-state index contributed by atoms with van der Waals surface area (Å²) in [5.74, 6) is 0. The van der Waals surface area contributed by atoms with Crippen LogP contribution in [0.2, 0.25) is 0 Å². The molecule has 0 radical (unpaired) electrons. The number of benzene rings is 4. The van der Waals surface area contributed by atoms with Gasteiger partial charge in [0.05, 0.1) is 0 Å². The third-order valence-corrected chi connectivity index (χ3v) is 11.9. The molecule has 0 bridgehead atoms.